The highest BCUT2D eigenvalue weighted by Gasteiger charge is 1.99. The average Bonchev–Trinajstić information content (AvgIpc) is 2.30. The molecule has 1 aromatic rings. The van der Waals surface area contributed by atoms with Gasteiger partial charge in [-0.15, -0.1) is 0 Å². The van der Waals surface area contributed by atoms with Gasteiger partial charge in [0.1, 0.15) is 5.82 Å². The predicted molar refractivity (Wildman–Crippen MR) is 40.2 cm³/mol. The highest BCUT2D eigenvalue weighted by Crippen LogP contribution is 2.04. The van der Waals surface area contributed by atoms with E-state index in [9.17, 15) is 0 Å². The molecule has 0 aromatic carbocycles. The van der Waals surface area contributed by atoms with Crippen LogP contribution in [0.5, 0.6) is 0 Å². The van der Waals surface area contributed by atoms with Crippen molar-refractivity contribution in [1.29, 1.82) is 0 Å². The van der Waals surface area contributed by atoms with Crippen LogP contribution in [-0.2, 0) is 13.1 Å². The van der Waals surface area contributed by atoms with Crippen molar-refractivity contribution in [1.82, 2.24) is 9.78 Å². The molecule has 56 valence electrons. The van der Waals surface area contributed by atoms with Crippen molar-refractivity contribution >= 4 is 5.82 Å². The lowest BCUT2D eigenvalue weighted by molar-refractivity contribution is 0.656. The minimum absolute atomic E-state index is 0.456. The van der Waals surface area contributed by atoms with E-state index in [1.54, 1.807) is 10.7 Å². The number of nitrogen functional groups attached to an aromatic ring is 1. The van der Waals surface area contributed by atoms with Gasteiger partial charge in [0.15, 0.2) is 0 Å². The van der Waals surface area contributed by atoms with E-state index in [1.807, 2.05) is 6.92 Å². The fourth-order valence-electron chi connectivity index (χ4n) is 0.840. The smallest absolute Gasteiger partial charge is 0.121 e. The SMILES string of the molecule is CCn1nc(CN)cc1N. The Hall–Kier alpha value is -1.03. The van der Waals surface area contributed by atoms with Gasteiger partial charge in [-0.3, -0.25) is 4.68 Å². The molecule has 0 fully saturated rings. The Morgan fingerprint density at radius 2 is 2.40 bits per heavy atom. The van der Waals surface area contributed by atoms with E-state index in [4.69, 9.17) is 11.5 Å². The Kier molecular flexibility index (Phi) is 1.91. The first-order valence-corrected chi connectivity index (χ1v) is 3.30. The zero-order valence-electron chi connectivity index (χ0n) is 6.04. The first-order chi connectivity index (χ1) is 4.77. The molecule has 0 aliphatic carbocycles. The largest absolute Gasteiger partial charge is 0.384 e. The monoisotopic (exact) mass is 140 g/mol. The van der Waals surface area contributed by atoms with Gasteiger partial charge in [-0.25, -0.2) is 0 Å². The average molecular weight is 140 g/mol. The zero-order chi connectivity index (χ0) is 7.56. The fraction of sp³-hybridized carbons (Fsp3) is 0.500. The predicted octanol–water partition coefficient (Wildman–Crippen LogP) is -0.0561. The van der Waals surface area contributed by atoms with E-state index in [2.05, 4.69) is 5.10 Å². The van der Waals surface area contributed by atoms with Crippen molar-refractivity contribution < 1.29 is 0 Å². The molecule has 4 N–H and O–H groups in total. The standard InChI is InChI=1S/C6H12N4/c1-2-10-6(8)3-5(4-7)9-10/h3H,2,4,7-8H2,1H3. The molecular formula is C6H12N4. The molecule has 0 saturated carbocycles. The van der Waals surface area contributed by atoms with Crippen LogP contribution in [0.25, 0.3) is 0 Å². The molecule has 0 amide bonds. The Bertz CT molecular complexity index is 216. The molecule has 0 spiro atoms. The number of nitrogens with zero attached hydrogens (tertiary/aromatic N) is 2. The molecule has 1 aromatic heterocycles. The topological polar surface area (TPSA) is 69.9 Å². The Balaban J connectivity index is 2.92. The molecular weight excluding hydrogens is 128 g/mol. The highest BCUT2D eigenvalue weighted by atomic mass is 15.3. The number of aromatic nitrogens is 2. The maximum atomic E-state index is 5.57. The lowest BCUT2D eigenvalue weighted by Gasteiger charge is -1.95. The lowest BCUT2D eigenvalue weighted by atomic mass is 10.4. The Morgan fingerprint density at radius 3 is 2.70 bits per heavy atom. The van der Waals surface area contributed by atoms with Crippen LogP contribution in [0.4, 0.5) is 5.82 Å². The van der Waals surface area contributed by atoms with Gasteiger partial charge in [-0.05, 0) is 6.92 Å². The molecule has 4 nitrogen and oxygen atoms in total. The number of anilines is 1. The van der Waals surface area contributed by atoms with Gasteiger partial charge in [0, 0.05) is 19.2 Å². The first kappa shape index (κ1) is 7.08. The van der Waals surface area contributed by atoms with Crippen molar-refractivity contribution in [2.24, 2.45) is 5.73 Å². The maximum absolute atomic E-state index is 5.57. The highest BCUT2D eigenvalue weighted by molar-refractivity contribution is 5.30. The van der Waals surface area contributed by atoms with Crippen LogP contribution >= 0.6 is 0 Å². The van der Waals surface area contributed by atoms with Crippen LogP contribution in [0.3, 0.4) is 0 Å². The van der Waals surface area contributed by atoms with Crippen molar-refractivity contribution in [2.75, 3.05) is 5.73 Å². The molecule has 0 aliphatic heterocycles. The van der Waals surface area contributed by atoms with Crippen LogP contribution in [0, 0.1) is 0 Å². The third kappa shape index (κ3) is 1.11. The normalized spacial score (nSPS) is 10.2. The van der Waals surface area contributed by atoms with Crippen LogP contribution in [0.1, 0.15) is 12.6 Å². The summed E-state index contributed by atoms with van der Waals surface area (Å²) in [5.41, 5.74) is 11.8. The molecule has 0 bridgehead atoms. The summed E-state index contributed by atoms with van der Waals surface area (Å²) in [5.74, 6) is 0.683. The van der Waals surface area contributed by atoms with Crippen molar-refractivity contribution in [2.45, 2.75) is 20.0 Å². The van der Waals surface area contributed by atoms with Gasteiger partial charge in [0.05, 0.1) is 5.69 Å². The number of aryl methyl sites for hydroxylation is 1. The number of hydrogen-bond acceptors (Lipinski definition) is 3. The van der Waals surface area contributed by atoms with Gasteiger partial charge in [0.25, 0.3) is 0 Å². The summed E-state index contributed by atoms with van der Waals surface area (Å²) in [5, 5.41) is 4.11. The molecule has 0 saturated heterocycles. The van der Waals surface area contributed by atoms with Crippen LogP contribution < -0.4 is 11.5 Å². The van der Waals surface area contributed by atoms with E-state index < -0.39 is 0 Å². The summed E-state index contributed by atoms with van der Waals surface area (Å²) in [6.07, 6.45) is 0. The van der Waals surface area contributed by atoms with E-state index >= 15 is 0 Å². The summed E-state index contributed by atoms with van der Waals surface area (Å²) in [7, 11) is 0. The number of nitrogens with two attached hydrogens (primary N) is 2. The van der Waals surface area contributed by atoms with Crippen molar-refractivity contribution in [3.8, 4) is 0 Å². The minimum Gasteiger partial charge on any atom is -0.384 e. The summed E-state index contributed by atoms with van der Waals surface area (Å²) in [6.45, 7) is 3.24. The van der Waals surface area contributed by atoms with Crippen LogP contribution in [0.2, 0.25) is 0 Å². The molecule has 0 aliphatic rings. The molecule has 0 atom stereocenters. The minimum atomic E-state index is 0.456. The number of hydrogen-bond donors (Lipinski definition) is 2. The molecule has 1 rings (SSSR count). The first-order valence-electron chi connectivity index (χ1n) is 3.30. The van der Waals surface area contributed by atoms with Crippen molar-refractivity contribution in [3.05, 3.63) is 11.8 Å². The maximum Gasteiger partial charge on any atom is 0.121 e. The van der Waals surface area contributed by atoms with E-state index in [-0.39, 0.29) is 0 Å². The zero-order valence-corrected chi connectivity index (χ0v) is 6.04. The summed E-state index contributed by atoms with van der Waals surface area (Å²) < 4.78 is 1.72. The lowest BCUT2D eigenvalue weighted by Crippen LogP contribution is -2.03. The molecule has 0 radical (unpaired) electrons. The third-order valence-electron chi connectivity index (χ3n) is 1.37. The van der Waals surface area contributed by atoms with Gasteiger partial charge in [0.2, 0.25) is 0 Å². The van der Waals surface area contributed by atoms with Gasteiger partial charge in [-0.2, -0.15) is 5.10 Å². The van der Waals surface area contributed by atoms with E-state index in [0.717, 1.165) is 12.2 Å². The second-order valence-corrected chi connectivity index (χ2v) is 2.08. The fourth-order valence-corrected chi connectivity index (χ4v) is 0.840. The number of rotatable bonds is 2. The second kappa shape index (κ2) is 2.70. The molecule has 1 heterocycles. The van der Waals surface area contributed by atoms with Gasteiger partial charge >= 0.3 is 0 Å². The summed E-state index contributed by atoms with van der Waals surface area (Å²) in [4.78, 5) is 0. The quantitative estimate of drug-likeness (QED) is 0.604. The molecule has 4 heteroatoms. The molecule has 10 heavy (non-hydrogen) atoms. The third-order valence-corrected chi connectivity index (χ3v) is 1.37. The summed E-state index contributed by atoms with van der Waals surface area (Å²) in [6, 6.07) is 1.80. The molecule has 0 unspecified atom stereocenters. The summed E-state index contributed by atoms with van der Waals surface area (Å²) >= 11 is 0. The van der Waals surface area contributed by atoms with E-state index in [0.29, 0.717) is 12.4 Å². The van der Waals surface area contributed by atoms with E-state index in [1.165, 1.54) is 0 Å². The second-order valence-electron chi connectivity index (χ2n) is 2.08. The van der Waals surface area contributed by atoms with Gasteiger partial charge in [-0.1, -0.05) is 0 Å². The van der Waals surface area contributed by atoms with Crippen molar-refractivity contribution in [3.63, 3.8) is 0 Å². The Labute approximate surface area is 59.8 Å². The Morgan fingerprint density at radius 1 is 1.70 bits per heavy atom. The van der Waals surface area contributed by atoms with Crippen LogP contribution in [0.15, 0.2) is 6.07 Å². The van der Waals surface area contributed by atoms with Gasteiger partial charge < -0.3 is 11.5 Å². The van der Waals surface area contributed by atoms with Crippen LogP contribution in [-0.4, -0.2) is 9.78 Å².